The summed E-state index contributed by atoms with van der Waals surface area (Å²) < 4.78 is 5.52. The Morgan fingerprint density at radius 2 is 1.71 bits per heavy atom. The van der Waals surface area contributed by atoms with E-state index in [0.29, 0.717) is 30.8 Å². The Morgan fingerprint density at radius 1 is 1.02 bits per heavy atom. The van der Waals surface area contributed by atoms with Crippen molar-refractivity contribution in [2.24, 2.45) is 17.8 Å². The molecule has 2 N–H and O–H groups in total. The molecule has 0 heterocycles. The number of nitrogens with zero attached hydrogens (tertiary/aromatic N) is 1. The number of aryl methyl sites for hydroxylation is 2. The number of methoxy groups -OCH3 is 1. The van der Waals surface area contributed by atoms with Crippen molar-refractivity contribution in [1.29, 1.82) is 0 Å². The number of hydrogen-bond donors (Lipinski definition) is 2. The molecule has 0 aliphatic heterocycles. The molecule has 5 heteroatoms. The minimum Gasteiger partial charge on any atom is -0.392 e. The van der Waals surface area contributed by atoms with Gasteiger partial charge in [-0.05, 0) is 108 Å². The summed E-state index contributed by atoms with van der Waals surface area (Å²) in [7, 11) is 6.02. The number of aliphatic hydroxyl groups is 1. The van der Waals surface area contributed by atoms with Crippen LogP contribution in [0, 0.1) is 24.7 Å². The second-order valence-electron chi connectivity index (χ2n) is 14.0. The van der Waals surface area contributed by atoms with Crippen molar-refractivity contribution < 1.29 is 14.6 Å². The normalized spacial score (nSPS) is 20.9. The molecule has 2 saturated carbocycles. The zero-order chi connectivity index (χ0) is 30.4. The molecule has 2 bridgehead atoms. The fraction of sp³-hybridized carbons (Fsp3) is 0.649. The molecule has 2 aromatic carbocycles. The van der Waals surface area contributed by atoms with Crippen LogP contribution in [0.1, 0.15) is 124 Å². The van der Waals surface area contributed by atoms with Gasteiger partial charge in [-0.25, -0.2) is 0 Å². The smallest absolute Gasteiger partial charge is 0.224 e. The monoisotopic (exact) mass is 576 g/mol. The van der Waals surface area contributed by atoms with E-state index in [2.05, 4.69) is 70.2 Å². The van der Waals surface area contributed by atoms with Gasteiger partial charge < -0.3 is 20.1 Å². The fourth-order valence-corrected chi connectivity index (χ4v) is 7.90. The Hall–Kier alpha value is -2.37. The van der Waals surface area contributed by atoms with Gasteiger partial charge in [0.25, 0.3) is 0 Å². The Bertz CT molecular complexity index is 1190. The second kappa shape index (κ2) is 14.9. The topological polar surface area (TPSA) is 61.8 Å². The van der Waals surface area contributed by atoms with E-state index in [9.17, 15) is 9.90 Å². The molecule has 0 spiro atoms. The number of carbonyl (C=O) groups is 1. The number of benzene rings is 2. The first-order valence-corrected chi connectivity index (χ1v) is 16.5. The molecule has 0 radical (unpaired) electrons. The van der Waals surface area contributed by atoms with Crippen LogP contribution < -0.4 is 10.2 Å². The first kappa shape index (κ1) is 32.5. The van der Waals surface area contributed by atoms with Crippen LogP contribution in [0.3, 0.4) is 0 Å². The average Bonchev–Trinajstić information content (AvgIpc) is 2.95. The van der Waals surface area contributed by atoms with Crippen molar-refractivity contribution in [1.82, 2.24) is 0 Å². The number of fused-ring (bicyclic) bond motifs is 2. The number of ether oxygens (including phenoxy) is 1. The van der Waals surface area contributed by atoms with Crippen LogP contribution >= 0.6 is 0 Å². The van der Waals surface area contributed by atoms with E-state index >= 15 is 0 Å². The SMILES string of the molecule is COCc1cc(C(C)C)c(N(C)C)c(C(C)CCc2cc(CO)cc(C)c2NC(=O)CCC2CC3CCCC(C3)C2)c1. The summed E-state index contributed by atoms with van der Waals surface area (Å²) >= 11 is 0. The Labute approximate surface area is 255 Å². The van der Waals surface area contributed by atoms with Gasteiger partial charge >= 0.3 is 0 Å². The van der Waals surface area contributed by atoms with Crippen molar-refractivity contribution in [2.45, 2.75) is 117 Å². The molecule has 0 aromatic heterocycles. The van der Waals surface area contributed by atoms with Crippen molar-refractivity contribution in [2.75, 3.05) is 31.4 Å². The zero-order valence-electron chi connectivity index (χ0n) is 27.4. The Balaban J connectivity index is 1.49. The molecule has 5 nitrogen and oxygen atoms in total. The van der Waals surface area contributed by atoms with Gasteiger partial charge in [0.15, 0.2) is 0 Å². The molecule has 42 heavy (non-hydrogen) atoms. The first-order chi connectivity index (χ1) is 20.1. The molecule has 2 aliphatic rings. The average molecular weight is 577 g/mol. The van der Waals surface area contributed by atoms with E-state index in [1.165, 1.54) is 60.9 Å². The molecule has 4 rings (SSSR count). The molecule has 3 atom stereocenters. The highest BCUT2D eigenvalue weighted by Gasteiger charge is 2.31. The largest absolute Gasteiger partial charge is 0.392 e. The van der Waals surface area contributed by atoms with Gasteiger partial charge in [0.1, 0.15) is 0 Å². The molecule has 2 fully saturated rings. The summed E-state index contributed by atoms with van der Waals surface area (Å²) in [6.45, 7) is 9.48. The van der Waals surface area contributed by atoms with Crippen LogP contribution in [0.4, 0.5) is 11.4 Å². The number of nitrogens with one attached hydrogen (secondary N) is 1. The second-order valence-corrected chi connectivity index (χ2v) is 14.0. The molecular weight excluding hydrogens is 520 g/mol. The molecule has 2 aliphatic carbocycles. The van der Waals surface area contributed by atoms with E-state index in [-0.39, 0.29) is 12.5 Å². The maximum atomic E-state index is 13.3. The van der Waals surface area contributed by atoms with Gasteiger partial charge in [0, 0.05) is 39.0 Å². The molecule has 3 unspecified atom stereocenters. The molecule has 0 saturated heterocycles. The third-order valence-electron chi connectivity index (χ3n) is 9.91. The van der Waals surface area contributed by atoms with Crippen LogP contribution in [-0.2, 0) is 29.2 Å². The highest BCUT2D eigenvalue weighted by molar-refractivity contribution is 5.92. The van der Waals surface area contributed by atoms with Crippen molar-refractivity contribution in [3.05, 3.63) is 57.6 Å². The molecular formula is C37H56N2O3. The summed E-state index contributed by atoms with van der Waals surface area (Å²) in [6, 6.07) is 8.71. The van der Waals surface area contributed by atoms with Gasteiger partial charge in [-0.2, -0.15) is 0 Å². The maximum absolute atomic E-state index is 13.3. The Kier molecular flexibility index (Phi) is 11.5. The van der Waals surface area contributed by atoms with Crippen LogP contribution in [0.25, 0.3) is 0 Å². The lowest BCUT2D eigenvalue weighted by Crippen LogP contribution is -2.27. The number of hydrogen-bond acceptors (Lipinski definition) is 4. The van der Waals surface area contributed by atoms with Crippen molar-refractivity contribution in [3.8, 4) is 0 Å². The molecule has 232 valence electrons. The standard InChI is InChI=1S/C37H56N2O3/c1-24(2)33-20-31(23-42-7)21-34(37(33)39(5)6)25(3)11-13-32-19-30(22-40)15-26(4)36(32)38-35(41)14-12-29-17-27-9-8-10-28(16-27)18-29/h15,19-21,24-25,27-29,40H,8-14,16-18,22-23H2,1-7H3,(H,38,41). The summed E-state index contributed by atoms with van der Waals surface area (Å²) in [4.78, 5) is 15.5. The quantitative estimate of drug-likeness (QED) is 0.251. The highest BCUT2D eigenvalue weighted by atomic mass is 16.5. The van der Waals surface area contributed by atoms with Gasteiger partial charge in [-0.15, -0.1) is 0 Å². The van der Waals surface area contributed by atoms with Gasteiger partial charge in [-0.3, -0.25) is 4.79 Å². The number of anilines is 2. The minimum absolute atomic E-state index is 0.00320. The number of amides is 1. The van der Waals surface area contributed by atoms with E-state index < -0.39 is 0 Å². The van der Waals surface area contributed by atoms with E-state index in [0.717, 1.165) is 53.5 Å². The van der Waals surface area contributed by atoms with Crippen LogP contribution in [-0.4, -0.2) is 32.2 Å². The predicted molar refractivity (Wildman–Crippen MR) is 175 cm³/mol. The fourth-order valence-electron chi connectivity index (χ4n) is 7.90. The van der Waals surface area contributed by atoms with Gasteiger partial charge in [0.2, 0.25) is 5.91 Å². The van der Waals surface area contributed by atoms with Crippen LogP contribution in [0.5, 0.6) is 0 Å². The first-order valence-electron chi connectivity index (χ1n) is 16.5. The van der Waals surface area contributed by atoms with E-state index in [4.69, 9.17) is 4.74 Å². The van der Waals surface area contributed by atoms with Crippen LogP contribution in [0.2, 0.25) is 0 Å². The number of aliphatic hydroxyl groups excluding tert-OH is 1. The van der Waals surface area contributed by atoms with Crippen molar-refractivity contribution in [3.63, 3.8) is 0 Å². The van der Waals surface area contributed by atoms with Gasteiger partial charge in [0.05, 0.1) is 13.2 Å². The van der Waals surface area contributed by atoms with Crippen molar-refractivity contribution >= 4 is 17.3 Å². The predicted octanol–water partition coefficient (Wildman–Crippen LogP) is 8.49. The summed E-state index contributed by atoms with van der Waals surface area (Å²) in [6.07, 6.45) is 11.6. The highest BCUT2D eigenvalue weighted by Crippen LogP contribution is 2.44. The number of rotatable bonds is 13. The molecule has 1 amide bonds. The zero-order valence-corrected chi connectivity index (χ0v) is 27.4. The number of carbonyl (C=O) groups excluding carboxylic acids is 1. The molecule has 2 aromatic rings. The lowest BCUT2D eigenvalue weighted by molar-refractivity contribution is -0.116. The summed E-state index contributed by atoms with van der Waals surface area (Å²) in [5.74, 6) is 3.34. The van der Waals surface area contributed by atoms with E-state index in [1.807, 2.05) is 6.07 Å². The summed E-state index contributed by atoms with van der Waals surface area (Å²) in [5.41, 5.74) is 9.20. The van der Waals surface area contributed by atoms with E-state index in [1.54, 1.807) is 7.11 Å². The third kappa shape index (κ3) is 8.17. The van der Waals surface area contributed by atoms with Crippen LogP contribution in [0.15, 0.2) is 24.3 Å². The maximum Gasteiger partial charge on any atom is 0.224 e. The Morgan fingerprint density at radius 3 is 2.33 bits per heavy atom. The van der Waals surface area contributed by atoms with Gasteiger partial charge in [-0.1, -0.05) is 64.3 Å². The minimum atomic E-state index is 0.00320. The lowest BCUT2D eigenvalue weighted by Gasteiger charge is -2.39. The lowest BCUT2D eigenvalue weighted by atomic mass is 9.67. The summed E-state index contributed by atoms with van der Waals surface area (Å²) in [5, 5.41) is 13.3. The third-order valence-corrected chi connectivity index (χ3v) is 9.91.